The molecule has 0 aromatic rings. The minimum absolute atomic E-state index is 0.00918. The van der Waals surface area contributed by atoms with Crippen molar-refractivity contribution in [3.63, 3.8) is 0 Å². The number of amides is 4. The Morgan fingerprint density at radius 3 is 1.13 bits per heavy atom. The minimum atomic E-state index is -0.264. The predicted molar refractivity (Wildman–Crippen MR) is 142 cm³/mol. The van der Waals surface area contributed by atoms with Crippen LogP contribution in [-0.4, -0.2) is 129 Å². The molecule has 0 aliphatic carbocycles. The molecule has 228 valence electrons. The molecule has 4 amide bonds. The first-order chi connectivity index (χ1) is 19.0. The van der Waals surface area contributed by atoms with Crippen LogP contribution >= 0.6 is 0 Å². The molecule has 0 saturated heterocycles. The van der Waals surface area contributed by atoms with Crippen molar-refractivity contribution in [3.8, 4) is 0 Å². The van der Waals surface area contributed by atoms with E-state index in [1.165, 1.54) is 0 Å². The summed E-state index contributed by atoms with van der Waals surface area (Å²) in [5.41, 5.74) is 0. The highest BCUT2D eigenvalue weighted by molar-refractivity contribution is 5.77. The van der Waals surface area contributed by atoms with Gasteiger partial charge in [-0.1, -0.05) is 20.3 Å². The van der Waals surface area contributed by atoms with Gasteiger partial charge in [-0.25, -0.2) is 0 Å². The summed E-state index contributed by atoms with van der Waals surface area (Å²) in [6, 6.07) is 0. The van der Waals surface area contributed by atoms with Gasteiger partial charge in [-0.05, 0) is 6.42 Å². The van der Waals surface area contributed by atoms with Gasteiger partial charge in [-0.15, -0.1) is 0 Å². The summed E-state index contributed by atoms with van der Waals surface area (Å²) in [5.74, 6) is -0.687. The van der Waals surface area contributed by atoms with E-state index in [0.717, 1.165) is 12.8 Å². The lowest BCUT2D eigenvalue weighted by Gasteiger charge is -2.09. The van der Waals surface area contributed by atoms with Crippen LogP contribution in [0, 0.1) is 0 Å². The van der Waals surface area contributed by atoms with Crippen LogP contribution in [0.5, 0.6) is 0 Å². The summed E-state index contributed by atoms with van der Waals surface area (Å²) in [5, 5.41) is 10.8. The maximum absolute atomic E-state index is 11.7. The Bertz CT molecular complexity index is 640. The summed E-state index contributed by atoms with van der Waals surface area (Å²) in [6.07, 6.45) is 2.41. The molecule has 39 heavy (non-hydrogen) atoms. The summed E-state index contributed by atoms with van der Waals surface area (Å²) < 4.78 is 31.6. The Labute approximate surface area is 231 Å². The van der Waals surface area contributed by atoms with Crippen LogP contribution < -0.4 is 21.3 Å². The van der Waals surface area contributed by atoms with E-state index >= 15 is 0 Å². The highest BCUT2D eigenvalue weighted by Crippen LogP contribution is 1.85. The number of hydrogen-bond acceptors (Lipinski definition) is 10. The van der Waals surface area contributed by atoms with Gasteiger partial charge in [-0.2, -0.15) is 0 Å². The van der Waals surface area contributed by atoms with Gasteiger partial charge in [0.1, 0.15) is 19.8 Å². The third-order valence-electron chi connectivity index (χ3n) is 4.69. The summed E-state index contributed by atoms with van der Waals surface area (Å²) in [6.45, 7) is 8.23. The highest BCUT2D eigenvalue weighted by Gasteiger charge is 2.03. The lowest BCUT2D eigenvalue weighted by Crippen LogP contribution is -2.32. The van der Waals surface area contributed by atoms with Gasteiger partial charge < -0.3 is 49.7 Å². The van der Waals surface area contributed by atoms with Gasteiger partial charge in [0.2, 0.25) is 23.6 Å². The molecular formula is C25H48N4O10. The fourth-order valence-corrected chi connectivity index (χ4v) is 2.62. The van der Waals surface area contributed by atoms with Gasteiger partial charge >= 0.3 is 0 Å². The zero-order valence-corrected chi connectivity index (χ0v) is 23.5. The Hall–Kier alpha value is -2.36. The lowest BCUT2D eigenvalue weighted by molar-refractivity contribution is -0.127. The van der Waals surface area contributed by atoms with Crippen molar-refractivity contribution in [3.05, 3.63) is 0 Å². The number of ether oxygens (including phenoxy) is 6. The minimum Gasteiger partial charge on any atom is -0.377 e. The van der Waals surface area contributed by atoms with E-state index in [4.69, 9.17) is 28.4 Å². The quantitative estimate of drug-likeness (QED) is 0.0843. The van der Waals surface area contributed by atoms with E-state index in [1.807, 2.05) is 0 Å². The van der Waals surface area contributed by atoms with E-state index in [0.29, 0.717) is 72.2 Å². The first kappa shape index (κ1) is 36.6. The number of carbonyl (C=O) groups is 4. The molecule has 0 saturated carbocycles. The van der Waals surface area contributed by atoms with E-state index < -0.39 is 0 Å². The van der Waals surface area contributed by atoms with Gasteiger partial charge in [-0.3, -0.25) is 19.2 Å². The van der Waals surface area contributed by atoms with Crippen molar-refractivity contribution in [1.29, 1.82) is 0 Å². The van der Waals surface area contributed by atoms with Crippen LogP contribution in [0.25, 0.3) is 0 Å². The van der Waals surface area contributed by atoms with Crippen LogP contribution in [0.2, 0.25) is 0 Å². The fourth-order valence-electron chi connectivity index (χ4n) is 2.62. The summed E-state index contributed by atoms with van der Waals surface area (Å²) in [7, 11) is 0. The molecule has 0 atom stereocenters. The molecular weight excluding hydrogens is 516 g/mol. The average Bonchev–Trinajstić information content (AvgIpc) is 2.92. The molecule has 0 bridgehead atoms. The van der Waals surface area contributed by atoms with Crippen LogP contribution in [-0.2, 0) is 47.6 Å². The fraction of sp³-hybridized carbons (Fsp3) is 0.840. The maximum atomic E-state index is 11.7. The van der Waals surface area contributed by atoms with Crippen LogP contribution in [0.15, 0.2) is 0 Å². The molecule has 0 spiro atoms. The molecule has 14 nitrogen and oxygen atoms in total. The maximum Gasteiger partial charge on any atom is 0.246 e. The highest BCUT2D eigenvalue weighted by atomic mass is 16.5. The van der Waals surface area contributed by atoms with Crippen molar-refractivity contribution in [1.82, 2.24) is 21.3 Å². The molecule has 0 aliphatic rings. The number of hydrogen-bond donors (Lipinski definition) is 4. The Balaban J connectivity index is 3.33. The molecule has 0 heterocycles. The summed E-state index contributed by atoms with van der Waals surface area (Å²) >= 11 is 0. The Morgan fingerprint density at radius 1 is 0.436 bits per heavy atom. The monoisotopic (exact) mass is 564 g/mol. The number of nitrogens with one attached hydrogen (secondary N) is 4. The van der Waals surface area contributed by atoms with Gasteiger partial charge in [0.25, 0.3) is 0 Å². The van der Waals surface area contributed by atoms with Crippen molar-refractivity contribution < 1.29 is 47.6 Å². The van der Waals surface area contributed by atoms with Gasteiger partial charge in [0.05, 0.1) is 59.5 Å². The zero-order valence-electron chi connectivity index (χ0n) is 23.5. The number of rotatable bonds is 28. The van der Waals surface area contributed by atoms with Gasteiger partial charge in [0, 0.05) is 32.6 Å². The molecule has 14 heteroatoms. The van der Waals surface area contributed by atoms with Crippen LogP contribution in [0.4, 0.5) is 0 Å². The molecule has 0 aromatic heterocycles. The Morgan fingerprint density at radius 2 is 0.769 bits per heavy atom. The van der Waals surface area contributed by atoms with Crippen LogP contribution in [0.3, 0.4) is 0 Å². The molecule has 0 radical (unpaired) electrons. The third kappa shape index (κ3) is 28.5. The summed E-state index contributed by atoms with van der Waals surface area (Å²) in [4.78, 5) is 45.8. The van der Waals surface area contributed by atoms with Crippen molar-refractivity contribution >= 4 is 23.6 Å². The Kier molecular flexibility index (Phi) is 26.9. The lowest BCUT2D eigenvalue weighted by atomic mass is 10.3. The average molecular weight is 565 g/mol. The second kappa shape index (κ2) is 28.6. The van der Waals surface area contributed by atoms with E-state index in [1.54, 1.807) is 6.92 Å². The smallest absolute Gasteiger partial charge is 0.246 e. The first-order valence-corrected chi connectivity index (χ1v) is 13.5. The SMILES string of the molecule is CCCCNC(=O)COCCOCCNC(=O)COCCOCCNC(=O)COCCOCCNC(=O)CC. The largest absolute Gasteiger partial charge is 0.377 e. The molecule has 0 rings (SSSR count). The predicted octanol–water partition coefficient (Wildman–Crippen LogP) is -1.24. The molecule has 0 unspecified atom stereocenters. The van der Waals surface area contributed by atoms with Crippen molar-refractivity contribution in [2.24, 2.45) is 0 Å². The standard InChI is InChI=1S/C25H48N4O10/c1-3-5-6-26-23(31)19-37-16-14-35-11-8-28-25(33)21-39-18-15-36-12-9-29-24(32)20-38-17-13-34-10-7-27-22(30)4-2/h3-21H2,1-2H3,(H,26,31)(H,27,30)(H,28,33)(H,29,32). The molecule has 4 N–H and O–H groups in total. The normalized spacial score (nSPS) is 10.7. The number of unbranched alkanes of at least 4 members (excludes halogenated alkanes) is 1. The molecule has 0 fully saturated rings. The van der Waals surface area contributed by atoms with E-state index in [-0.39, 0.29) is 63.3 Å². The second-order valence-electron chi connectivity index (χ2n) is 8.10. The van der Waals surface area contributed by atoms with E-state index in [9.17, 15) is 19.2 Å². The topological polar surface area (TPSA) is 172 Å². The number of carbonyl (C=O) groups excluding carboxylic acids is 4. The van der Waals surface area contributed by atoms with E-state index in [2.05, 4.69) is 28.2 Å². The van der Waals surface area contributed by atoms with Crippen molar-refractivity contribution in [2.75, 3.05) is 105 Å². The van der Waals surface area contributed by atoms with Crippen LogP contribution in [0.1, 0.15) is 33.1 Å². The molecule has 0 aliphatic heterocycles. The zero-order chi connectivity index (χ0) is 28.8. The first-order valence-electron chi connectivity index (χ1n) is 13.5. The molecule has 0 aromatic carbocycles. The van der Waals surface area contributed by atoms with Gasteiger partial charge in [0.15, 0.2) is 0 Å². The van der Waals surface area contributed by atoms with Crippen molar-refractivity contribution in [2.45, 2.75) is 33.1 Å². The second-order valence-corrected chi connectivity index (χ2v) is 8.10. The third-order valence-corrected chi connectivity index (χ3v) is 4.69.